The highest BCUT2D eigenvalue weighted by molar-refractivity contribution is 5.71. The van der Waals surface area contributed by atoms with E-state index in [1.165, 1.54) is 31.5 Å². The van der Waals surface area contributed by atoms with E-state index in [1.807, 2.05) is 12.3 Å². The molecule has 2 saturated heterocycles. The lowest BCUT2D eigenvalue weighted by atomic mass is 9.98. The van der Waals surface area contributed by atoms with Crippen LogP contribution in [0.25, 0.3) is 11.2 Å². The van der Waals surface area contributed by atoms with Crippen molar-refractivity contribution >= 4 is 11.2 Å². The van der Waals surface area contributed by atoms with Crippen LogP contribution in [0.3, 0.4) is 0 Å². The summed E-state index contributed by atoms with van der Waals surface area (Å²) >= 11 is 0. The molecule has 4 rings (SSSR count). The SMILES string of the molecule is c1cnc2c(c1)nc(CC1CCCOC1)n2C1CCCNC1. The van der Waals surface area contributed by atoms with E-state index in [4.69, 9.17) is 9.72 Å². The second-order valence-corrected chi connectivity index (χ2v) is 6.53. The van der Waals surface area contributed by atoms with Crippen molar-refractivity contribution < 1.29 is 4.74 Å². The Labute approximate surface area is 131 Å². The molecule has 0 spiro atoms. The molecule has 2 aromatic heterocycles. The van der Waals surface area contributed by atoms with Crippen molar-refractivity contribution in [2.24, 2.45) is 5.92 Å². The van der Waals surface area contributed by atoms with Gasteiger partial charge in [0.25, 0.3) is 0 Å². The van der Waals surface area contributed by atoms with Gasteiger partial charge in [0.2, 0.25) is 0 Å². The summed E-state index contributed by atoms with van der Waals surface area (Å²) in [5, 5.41) is 3.52. The van der Waals surface area contributed by atoms with Gasteiger partial charge in [-0.25, -0.2) is 9.97 Å². The van der Waals surface area contributed by atoms with Gasteiger partial charge in [-0.3, -0.25) is 0 Å². The summed E-state index contributed by atoms with van der Waals surface area (Å²) in [5.74, 6) is 1.79. The first-order valence-electron chi connectivity index (χ1n) is 8.52. The molecule has 4 heterocycles. The summed E-state index contributed by atoms with van der Waals surface area (Å²) in [6.07, 6.45) is 7.75. The monoisotopic (exact) mass is 300 g/mol. The van der Waals surface area contributed by atoms with E-state index in [1.54, 1.807) is 0 Å². The molecule has 0 aliphatic carbocycles. The molecule has 2 fully saturated rings. The minimum atomic E-state index is 0.480. The Balaban J connectivity index is 1.68. The second kappa shape index (κ2) is 6.34. The highest BCUT2D eigenvalue weighted by Gasteiger charge is 2.24. The molecule has 0 amide bonds. The zero-order valence-corrected chi connectivity index (χ0v) is 13.0. The maximum Gasteiger partial charge on any atom is 0.160 e. The maximum atomic E-state index is 5.65. The number of nitrogens with one attached hydrogen (secondary N) is 1. The van der Waals surface area contributed by atoms with Crippen molar-refractivity contribution in [1.82, 2.24) is 19.9 Å². The minimum absolute atomic E-state index is 0.480. The van der Waals surface area contributed by atoms with E-state index in [-0.39, 0.29) is 0 Å². The zero-order chi connectivity index (χ0) is 14.8. The Morgan fingerprint density at radius 1 is 1.32 bits per heavy atom. The molecular formula is C17H24N4O. The molecule has 2 aliphatic heterocycles. The molecule has 2 aliphatic rings. The van der Waals surface area contributed by atoms with Crippen LogP contribution in [0.15, 0.2) is 18.3 Å². The van der Waals surface area contributed by atoms with Gasteiger partial charge in [-0.05, 0) is 50.3 Å². The highest BCUT2D eigenvalue weighted by Crippen LogP contribution is 2.27. The fourth-order valence-corrected chi connectivity index (χ4v) is 3.78. The summed E-state index contributed by atoms with van der Waals surface area (Å²) in [6, 6.07) is 4.54. The molecule has 0 aromatic carbocycles. The predicted molar refractivity (Wildman–Crippen MR) is 85.9 cm³/mol. The number of hydrogen-bond donors (Lipinski definition) is 1. The van der Waals surface area contributed by atoms with Gasteiger partial charge < -0.3 is 14.6 Å². The molecule has 1 N–H and O–H groups in total. The van der Waals surface area contributed by atoms with Gasteiger partial charge >= 0.3 is 0 Å². The molecule has 2 atom stereocenters. The summed E-state index contributed by atoms with van der Waals surface area (Å²) in [7, 11) is 0. The third-order valence-electron chi connectivity index (χ3n) is 4.88. The third kappa shape index (κ3) is 2.75. The molecule has 5 heteroatoms. The largest absolute Gasteiger partial charge is 0.381 e. The van der Waals surface area contributed by atoms with E-state index in [2.05, 4.69) is 20.9 Å². The molecule has 0 radical (unpaired) electrons. The van der Waals surface area contributed by atoms with E-state index in [0.29, 0.717) is 12.0 Å². The molecular weight excluding hydrogens is 276 g/mol. The number of ether oxygens (including phenoxy) is 1. The van der Waals surface area contributed by atoms with Gasteiger partial charge in [0, 0.05) is 38.4 Å². The lowest BCUT2D eigenvalue weighted by molar-refractivity contribution is 0.0538. The molecule has 0 saturated carbocycles. The Bertz CT molecular complexity index is 627. The van der Waals surface area contributed by atoms with Crippen molar-refractivity contribution in [1.29, 1.82) is 0 Å². The van der Waals surface area contributed by atoms with E-state index >= 15 is 0 Å². The first kappa shape index (κ1) is 14.2. The Morgan fingerprint density at radius 2 is 2.32 bits per heavy atom. The van der Waals surface area contributed by atoms with Crippen LogP contribution < -0.4 is 5.32 Å². The van der Waals surface area contributed by atoms with Crippen molar-refractivity contribution in [2.75, 3.05) is 26.3 Å². The summed E-state index contributed by atoms with van der Waals surface area (Å²) in [6.45, 7) is 3.94. The Hall–Kier alpha value is -1.46. The van der Waals surface area contributed by atoms with Crippen LogP contribution in [0.2, 0.25) is 0 Å². The van der Waals surface area contributed by atoms with Crippen molar-refractivity contribution in [3.8, 4) is 0 Å². The average Bonchev–Trinajstić information content (AvgIpc) is 2.94. The van der Waals surface area contributed by atoms with Crippen molar-refractivity contribution in [3.05, 3.63) is 24.2 Å². The van der Waals surface area contributed by atoms with Gasteiger partial charge in [-0.15, -0.1) is 0 Å². The average molecular weight is 300 g/mol. The van der Waals surface area contributed by atoms with Gasteiger partial charge in [-0.2, -0.15) is 0 Å². The smallest absolute Gasteiger partial charge is 0.160 e. The summed E-state index contributed by atoms with van der Waals surface area (Å²) in [5.41, 5.74) is 2.07. The Morgan fingerprint density at radius 3 is 3.14 bits per heavy atom. The summed E-state index contributed by atoms with van der Waals surface area (Å²) < 4.78 is 8.05. The van der Waals surface area contributed by atoms with Crippen LogP contribution in [-0.2, 0) is 11.2 Å². The Kier molecular flexibility index (Phi) is 4.08. The number of piperidine rings is 1. The van der Waals surface area contributed by atoms with Gasteiger partial charge in [0.1, 0.15) is 11.3 Å². The lowest BCUT2D eigenvalue weighted by Gasteiger charge is -2.27. The molecule has 22 heavy (non-hydrogen) atoms. The first-order valence-corrected chi connectivity index (χ1v) is 8.52. The second-order valence-electron chi connectivity index (χ2n) is 6.53. The van der Waals surface area contributed by atoms with Gasteiger partial charge in [0.15, 0.2) is 5.65 Å². The molecule has 0 bridgehead atoms. The van der Waals surface area contributed by atoms with Crippen LogP contribution in [0, 0.1) is 5.92 Å². The first-order chi connectivity index (χ1) is 10.9. The number of rotatable bonds is 3. The van der Waals surface area contributed by atoms with Crippen LogP contribution in [0.4, 0.5) is 0 Å². The van der Waals surface area contributed by atoms with Gasteiger partial charge in [0.05, 0.1) is 0 Å². The van der Waals surface area contributed by atoms with Crippen molar-refractivity contribution in [3.63, 3.8) is 0 Å². The standard InChI is InChI=1S/C17H24N4O/c1-5-14(11-18-7-1)21-16(10-13-4-3-9-22-12-13)20-15-6-2-8-19-17(15)21/h2,6,8,13-14,18H,1,3-5,7,9-12H2. The predicted octanol–water partition coefficient (Wildman–Crippen LogP) is 2.32. The zero-order valence-electron chi connectivity index (χ0n) is 13.0. The van der Waals surface area contributed by atoms with Crippen LogP contribution in [0.1, 0.15) is 37.5 Å². The maximum absolute atomic E-state index is 5.65. The molecule has 2 aromatic rings. The quantitative estimate of drug-likeness (QED) is 0.945. The minimum Gasteiger partial charge on any atom is -0.381 e. The van der Waals surface area contributed by atoms with Crippen LogP contribution >= 0.6 is 0 Å². The topological polar surface area (TPSA) is 52.0 Å². The number of nitrogens with zero attached hydrogens (tertiary/aromatic N) is 3. The number of aromatic nitrogens is 3. The van der Waals surface area contributed by atoms with E-state index in [9.17, 15) is 0 Å². The molecule has 5 nitrogen and oxygen atoms in total. The van der Waals surface area contributed by atoms with Crippen LogP contribution in [-0.4, -0.2) is 40.8 Å². The number of pyridine rings is 1. The van der Waals surface area contributed by atoms with Gasteiger partial charge in [-0.1, -0.05) is 0 Å². The fourth-order valence-electron chi connectivity index (χ4n) is 3.78. The number of hydrogen-bond acceptors (Lipinski definition) is 4. The van der Waals surface area contributed by atoms with E-state index in [0.717, 1.165) is 43.9 Å². The van der Waals surface area contributed by atoms with Crippen LogP contribution in [0.5, 0.6) is 0 Å². The highest BCUT2D eigenvalue weighted by atomic mass is 16.5. The van der Waals surface area contributed by atoms with Crippen molar-refractivity contribution in [2.45, 2.75) is 38.1 Å². The normalized spacial score (nSPS) is 26.4. The lowest BCUT2D eigenvalue weighted by Crippen LogP contribution is -2.33. The fraction of sp³-hybridized carbons (Fsp3) is 0.647. The van der Waals surface area contributed by atoms with E-state index < -0.39 is 0 Å². The molecule has 2 unspecified atom stereocenters. The third-order valence-corrected chi connectivity index (χ3v) is 4.88. The summed E-state index contributed by atoms with van der Waals surface area (Å²) in [4.78, 5) is 9.51. The molecule has 118 valence electrons. The number of imidazole rings is 1. The number of fused-ring (bicyclic) bond motifs is 1.